The first-order valence-corrected chi connectivity index (χ1v) is 5.16. The summed E-state index contributed by atoms with van der Waals surface area (Å²) < 4.78 is 1.97. The van der Waals surface area contributed by atoms with Crippen LogP contribution in [-0.2, 0) is 6.54 Å². The Morgan fingerprint density at radius 1 is 1.31 bits per heavy atom. The van der Waals surface area contributed by atoms with Crippen molar-refractivity contribution in [3.8, 4) is 11.8 Å². The molecule has 0 spiro atoms. The molecule has 0 N–H and O–H groups in total. The van der Waals surface area contributed by atoms with Crippen LogP contribution in [0.2, 0.25) is 5.15 Å². The normalized spacial score (nSPS) is 9.56. The van der Waals surface area contributed by atoms with E-state index in [1.807, 2.05) is 10.8 Å². The molecule has 16 heavy (non-hydrogen) atoms. The van der Waals surface area contributed by atoms with Gasteiger partial charge < -0.3 is 4.57 Å². The second-order valence-corrected chi connectivity index (χ2v) is 3.48. The number of aryl methyl sites for hydroxylation is 1. The summed E-state index contributed by atoms with van der Waals surface area (Å²) in [7, 11) is 0. The van der Waals surface area contributed by atoms with Gasteiger partial charge in [0.2, 0.25) is 0 Å². The molecule has 0 aromatic carbocycles. The highest BCUT2D eigenvalue weighted by Gasteiger charge is 1.90. The van der Waals surface area contributed by atoms with Crippen LogP contribution in [0, 0.1) is 11.8 Å². The third-order valence-corrected chi connectivity index (χ3v) is 2.10. The summed E-state index contributed by atoms with van der Waals surface area (Å²) in [6, 6.07) is 3.42. The lowest BCUT2D eigenvalue weighted by atomic mass is 10.3. The summed E-state index contributed by atoms with van der Waals surface area (Å²) >= 11 is 5.61. The van der Waals surface area contributed by atoms with Gasteiger partial charge in [0.1, 0.15) is 5.69 Å². The first-order valence-electron chi connectivity index (χ1n) is 4.78. The van der Waals surface area contributed by atoms with Gasteiger partial charge in [-0.2, -0.15) is 0 Å². The summed E-state index contributed by atoms with van der Waals surface area (Å²) in [6.07, 6.45) is 6.17. The van der Waals surface area contributed by atoms with Crippen molar-refractivity contribution < 1.29 is 0 Å². The van der Waals surface area contributed by atoms with E-state index in [9.17, 15) is 0 Å². The lowest BCUT2D eigenvalue weighted by Crippen LogP contribution is -1.92. The van der Waals surface area contributed by atoms with Crippen LogP contribution >= 0.6 is 11.6 Å². The van der Waals surface area contributed by atoms with Crippen LogP contribution in [0.3, 0.4) is 0 Å². The SMILES string of the molecule is Clc1ccc(C#CCCn2ccnc2)nn1. The Kier molecular flexibility index (Phi) is 3.52. The van der Waals surface area contributed by atoms with Crippen LogP contribution in [0.25, 0.3) is 0 Å². The standard InChI is InChI=1S/C11H9ClN4/c12-11-5-4-10(14-15-11)3-1-2-7-16-8-6-13-9-16/h4-6,8-9H,2,7H2. The largest absolute Gasteiger partial charge is 0.337 e. The molecule has 0 radical (unpaired) electrons. The Labute approximate surface area is 98.3 Å². The van der Waals surface area contributed by atoms with E-state index in [-0.39, 0.29) is 0 Å². The molecule has 2 rings (SSSR count). The highest BCUT2D eigenvalue weighted by atomic mass is 35.5. The van der Waals surface area contributed by atoms with Crippen LogP contribution < -0.4 is 0 Å². The molecule has 2 aromatic heterocycles. The van der Waals surface area contributed by atoms with Crippen LogP contribution in [0.5, 0.6) is 0 Å². The van der Waals surface area contributed by atoms with Crippen molar-refractivity contribution >= 4 is 11.6 Å². The molecule has 0 unspecified atom stereocenters. The van der Waals surface area contributed by atoms with Gasteiger partial charge in [0, 0.05) is 25.4 Å². The van der Waals surface area contributed by atoms with Crippen molar-refractivity contribution in [2.45, 2.75) is 13.0 Å². The second-order valence-electron chi connectivity index (χ2n) is 3.09. The molecule has 0 bridgehead atoms. The number of hydrogen-bond donors (Lipinski definition) is 0. The van der Waals surface area contributed by atoms with Crippen molar-refractivity contribution in [2.24, 2.45) is 0 Å². The number of nitrogens with zero attached hydrogens (tertiary/aromatic N) is 4. The van der Waals surface area contributed by atoms with E-state index in [1.165, 1.54) is 0 Å². The molecule has 5 heteroatoms. The fraction of sp³-hybridized carbons (Fsp3) is 0.182. The predicted molar refractivity (Wildman–Crippen MR) is 60.8 cm³/mol. The summed E-state index contributed by atoms with van der Waals surface area (Å²) in [6.45, 7) is 0.827. The van der Waals surface area contributed by atoms with Gasteiger partial charge in [-0.1, -0.05) is 17.5 Å². The minimum absolute atomic E-state index is 0.379. The Balaban J connectivity index is 1.88. The fourth-order valence-corrected chi connectivity index (χ4v) is 1.24. The van der Waals surface area contributed by atoms with E-state index < -0.39 is 0 Å². The molecular weight excluding hydrogens is 224 g/mol. The van der Waals surface area contributed by atoms with E-state index in [4.69, 9.17) is 11.6 Å². The zero-order chi connectivity index (χ0) is 11.2. The van der Waals surface area contributed by atoms with Gasteiger partial charge in [-0.3, -0.25) is 0 Å². The summed E-state index contributed by atoms with van der Waals surface area (Å²) in [5.41, 5.74) is 0.634. The van der Waals surface area contributed by atoms with E-state index in [0.29, 0.717) is 10.8 Å². The minimum Gasteiger partial charge on any atom is -0.337 e. The Morgan fingerprint density at radius 3 is 2.94 bits per heavy atom. The molecule has 0 amide bonds. The summed E-state index contributed by atoms with van der Waals surface area (Å²) in [5, 5.41) is 7.92. The molecule has 2 heterocycles. The van der Waals surface area contributed by atoms with E-state index >= 15 is 0 Å². The maximum atomic E-state index is 5.61. The quantitative estimate of drug-likeness (QED) is 0.742. The lowest BCUT2D eigenvalue weighted by Gasteiger charge is -1.94. The van der Waals surface area contributed by atoms with E-state index in [0.717, 1.165) is 13.0 Å². The average molecular weight is 233 g/mol. The molecule has 4 nitrogen and oxygen atoms in total. The van der Waals surface area contributed by atoms with Crippen molar-refractivity contribution in [1.82, 2.24) is 19.7 Å². The van der Waals surface area contributed by atoms with Crippen LogP contribution in [0.1, 0.15) is 12.1 Å². The number of aromatic nitrogens is 4. The molecular formula is C11H9ClN4. The molecule has 0 atom stereocenters. The van der Waals surface area contributed by atoms with Crippen molar-refractivity contribution in [1.29, 1.82) is 0 Å². The highest BCUT2D eigenvalue weighted by Crippen LogP contribution is 2.00. The van der Waals surface area contributed by atoms with Crippen LogP contribution in [0.4, 0.5) is 0 Å². The monoisotopic (exact) mass is 232 g/mol. The van der Waals surface area contributed by atoms with Gasteiger partial charge in [0.25, 0.3) is 0 Å². The molecule has 0 aliphatic heterocycles. The molecule has 0 aliphatic rings. The number of halogens is 1. The minimum atomic E-state index is 0.379. The van der Waals surface area contributed by atoms with Gasteiger partial charge >= 0.3 is 0 Å². The lowest BCUT2D eigenvalue weighted by molar-refractivity contribution is 0.718. The summed E-state index contributed by atoms with van der Waals surface area (Å²) in [4.78, 5) is 3.95. The van der Waals surface area contributed by atoms with Gasteiger partial charge in [-0.25, -0.2) is 4.98 Å². The maximum absolute atomic E-state index is 5.61. The zero-order valence-corrected chi connectivity index (χ0v) is 9.22. The molecule has 0 saturated carbocycles. The Bertz CT molecular complexity index is 493. The van der Waals surface area contributed by atoms with Gasteiger partial charge in [-0.05, 0) is 18.1 Å². The molecule has 2 aromatic rings. The molecule has 0 aliphatic carbocycles. The first-order chi connectivity index (χ1) is 7.84. The van der Waals surface area contributed by atoms with Crippen LogP contribution in [-0.4, -0.2) is 19.7 Å². The van der Waals surface area contributed by atoms with Crippen molar-refractivity contribution in [3.63, 3.8) is 0 Å². The Morgan fingerprint density at radius 2 is 2.25 bits per heavy atom. The van der Waals surface area contributed by atoms with Gasteiger partial charge in [0.15, 0.2) is 5.15 Å². The predicted octanol–water partition coefficient (Wildman–Crippen LogP) is 1.77. The van der Waals surface area contributed by atoms with Gasteiger partial charge in [-0.15, -0.1) is 10.2 Å². The smallest absolute Gasteiger partial charge is 0.151 e. The summed E-state index contributed by atoms with van der Waals surface area (Å²) in [5.74, 6) is 5.93. The molecule has 0 saturated heterocycles. The maximum Gasteiger partial charge on any atom is 0.151 e. The fourth-order valence-electron chi connectivity index (χ4n) is 1.14. The number of rotatable bonds is 2. The van der Waals surface area contributed by atoms with Crippen LogP contribution in [0.15, 0.2) is 30.9 Å². The van der Waals surface area contributed by atoms with Gasteiger partial charge in [0.05, 0.1) is 6.33 Å². The highest BCUT2D eigenvalue weighted by molar-refractivity contribution is 6.29. The third-order valence-electron chi connectivity index (χ3n) is 1.90. The second kappa shape index (κ2) is 5.29. The average Bonchev–Trinajstić information content (AvgIpc) is 2.80. The first kappa shape index (κ1) is 10.7. The zero-order valence-electron chi connectivity index (χ0n) is 8.47. The number of hydrogen-bond acceptors (Lipinski definition) is 3. The Hall–Kier alpha value is -1.86. The third kappa shape index (κ3) is 3.07. The number of imidazole rings is 1. The molecule has 80 valence electrons. The topological polar surface area (TPSA) is 43.6 Å². The van der Waals surface area contributed by atoms with E-state index in [1.54, 1.807) is 24.7 Å². The van der Waals surface area contributed by atoms with Crippen molar-refractivity contribution in [2.75, 3.05) is 0 Å². The molecule has 0 fully saturated rings. The van der Waals surface area contributed by atoms with Crippen molar-refractivity contribution in [3.05, 3.63) is 41.7 Å². The van der Waals surface area contributed by atoms with E-state index in [2.05, 4.69) is 27.0 Å².